The van der Waals surface area contributed by atoms with E-state index in [1.54, 1.807) is 24.4 Å². The van der Waals surface area contributed by atoms with Gasteiger partial charge in [-0.15, -0.1) is 0 Å². The van der Waals surface area contributed by atoms with Crippen LogP contribution in [0.2, 0.25) is 0 Å². The number of non-ortho nitro benzene ring substituents is 1. The first-order chi connectivity index (χ1) is 12.1. The van der Waals surface area contributed by atoms with Gasteiger partial charge in [0.1, 0.15) is 0 Å². The van der Waals surface area contributed by atoms with Gasteiger partial charge in [0.15, 0.2) is 5.69 Å². The van der Waals surface area contributed by atoms with Gasteiger partial charge >= 0.3 is 0 Å². The van der Waals surface area contributed by atoms with Crippen molar-refractivity contribution in [3.05, 3.63) is 52.3 Å². The maximum absolute atomic E-state index is 12.2. The molecule has 1 heterocycles. The summed E-state index contributed by atoms with van der Waals surface area (Å²) >= 11 is 0. The lowest BCUT2D eigenvalue weighted by Gasteiger charge is -2.21. The summed E-state index contributed by atoms with van der Waals surface area (Å²) in [5, 5.41) is 18.0. The van der Waals surface area contributed by atoms with E-state index in [0.717, 1.165) is 12.3 Å². The van der Waals surface area contributed by atoms with Crippen molar-refractivity contribution in [2.24, 2.45) is 5.92 Å². The van der Waals surface area contributed by atoms with Crippen LogP contribution in [-0.2, 0) is 0 Å². The Morgan fingerprint density at radius 1 is 1.28 bits per heavy atom. The Hall–Kier alpha value is -2.70. The summed E-state index contributed by atoms with van der Waals surface area (Å²) in [6, 6.07) is 7.78. The van der Waals surface area contributed by atoms with Gasteiger partial charge in [0, 0.05) is 24.9 Å². The normalized spacial score (nSPS) is 15.0. The van der Waals surface area contributed by atoms with Gasteiger partial charge in [-0.3, -0.25) is 14.9 Å². The minimum atomic E-state index is -0.452. The number of amides is 1. The topological polar surface area (TPSA) is 90.1 Å². The second-order valence-corrected chi connectivity index (χ2v) is 6.47. The number of carbonyl (C=O) groups is 1. The summed E-state index contributed by atoms with van der Waals surface area (Å²) in [6.07, 6.45) is 9.09. The molecule has 132 valence electrons. The van der Waals surface area contributed by atoms with Crippen LogP contribution in [0.3, 0.4) is 0 Å². The van der Waals surface area contributed by atoms with Gasteiger partial charge in [-0.05, 0) is 24.5 Å². The SMILES string of the molecule is O=C(NCCC1CCCCC1)c1ccn(-c2cccc([N+](=O)[O-])c2)n1. The molecule has 0 radical (unpaired) electrons. The van der Waals surface area contributed by atoms with Gasteiger partial charge in [0.2, 0.25) is 0 Å². The van der Waals surface area contributed by atoms with Crippen molar-refractivity contribution in [3.63, 3.8) is 0 Å². The van der Waals surface area contributed by atoms with E-state index in [1.807, 2.05) is 0 Å². The molecule has 0 unspecified atom stereocenters. The molecule has 1 N–H and O–H groups in total. The monoisotopic (exact) mass is 342 g/mol. The molecule has 1 aromatic carbocycles. The third kappa shape index (κ3) is 4.43. The Morgan fingerprint density at radius 2 is 2.08 bits per heavy atom. The molecule has 1 aliphatic rings. The van der Waals surface area contributed by atoms with Crippen molar-refractivity contribution >= 4 is 11.6 Å². The summed E-state index contributed by atoms with van der Waals surface area (Å²) in [7, 11) is 0. The van der Waals surface area contributed by atoms with Crippen LogP contribution in [0.5, 0.6) is 0 Å². The summed E-state index contributed by atoms with van der Waals surface area (Å²) < 4.78 is 1.48. The predicted octanol–water partition coefficient (Wildman–Crippen LogP) is 3.48. The van der Waals surface area contributed by atoms with E-state index in [4.69, 9.17) is 0 Å². The highest BCUT2D eigenvalue weighted by Crippen LogP contribution is 2.25. The van der Waals surface area contributed by atoms with E-state index >= 15 is 0 Å². The summed E-state index contributed by atoms with van der Waals surface area (Å²) in [6.45, 7) is 0.660. The zero-order valence-electron chi connectivity index (χ0n) is 14.1. The van der Waals surface area contributed by atoms with Crippen molar-refractivity contribution < 1.29 is 9.72 Å². The van der Waals surface area contributed by atoms with Gasteiger partial charge in [-0.1, -0.05) is 38.2 Å². The lowest BCUT2D eigenvalue weighted by molar-refractivity contribution is -0.384. The van der Waals surface area contributed by atoms with Gasteiger partial charge in [-0.2, -0.15) is 5.10 Å². The van der Waals surface area contributed by atoms with Crippen molar-refractivity contribution in [1.29, 1.82) is 0 Å². The molecule has 7 nitrogen and oxygen atoms in total. The van der Waals surface area contributed by atoms with Crippen LogP contribution in [0.25, 0.3) is 5.69 Å². The molecule has 1 aliphatic carbocycles. The second-order valence-electron chi connectivity index (χ2n) is 6.47. The Bertz CT molecular complexity index is 750. The average Bonchev–Trinajstić information content (AvgIpc) is 3.13. The quantitative estimate of drug-likeness (QED) is 0.643. The molecular weight excluding hydrogens is 320 g/mol. The van der Waals surface area contributed by atoms with Crippen LogP contribution >= 0.6 is 0 Å². The molecule has 3 rings (SSSR count). The van der Waals surface area contributed by atoms with Crippen LogP contribution < -0.4 is 5.32 Å². The number of hydrogen-bond acceptors (Lipinski definition) is 4. The molecule has 2 aromatic rings. The van der Waals surface area contributed by atoms with E-state index in [1.165, 1.54) is 48.9 Å². The van der Waals surface area contributed by atoms with Crippen molar-refractivity contribution in [2.45, 2.75) is 38.5 Å². The number of aromatic nitrogens is 2. The molecule has 1 amide bonds. The summed E-state index contributed by atoms with van der Waals surface area (Å²) in [4.78, 5) is 22.6. The van der Waals surface area contributed by atoms with Gasteiger partial charge < -0.3 is 5.32 Å². The summed E-state index contributed by atoms with van der Waals surface area (Å²) in [5.41, 5.74) is 0.858. The Labute approximate surface area is 146 Å². The molecule has 1 saturated carbocycles. The zero-order chi connectivity index (χ0) is 17.6. The molecule has 0 atom stereocenters. The van der Waals surface area contributed by atoms with E-state index in [2.05, 4.69) is 10.4 Å². The van der Waals surface area contributed by atoms with Crippen LogP contribution in [-0.4, -0.2) is 27.2 Å². The summed E-state index contributed by atoms with van der Waals surface area (Å²) in [5.74, 6) is 0.511. The number of nitrogens with one attached hydrogen (secondary N) is 1. The predicted molar refractivity (Wildman–Crippen MR) is 93.7 cm³/mol. The number of rotatable bonds is 6. The molecule has 25 heavy (non-hydrogen) atoms. The average molecular weight is 342 g/mol. The fourth-order valence-electron chi connectivity index (χ4n) is 3.29. The smallest absolute Gasteiger partial charge is 0.271 e. The van der Waals surface area contributed by atoms with Crippen LogP contribution in [0.1, 0.15) is 49.0 Å². The molecule has 0 saturated heterocycles. The Morgan fingerprint density at radius 3 is 2.84 bits per heavy atom. The van der Waals surface area contributed by atoms with Crippen molar-refractivity contribution in [3.8, 4) is 5.69 Å². The highest BCUT2D eigenvalue weighted by molar-refractivity contribution is 5.92. The van der Waals surface area contributed by atoms with Crippen molar-refractivity contribution in [2.75, 3.05) is 6.54 Å². The van der Waals surface area contributed by atoms with E-state index in [9.17, 15) is 14.9 Å². The maximum atomic E-state index is 12.2. The molecule has 0 aliphatic heterocycles. The molecule has 0 bridgehead atoms. The van der Waals surface area contributed by atoms with E-state index in [-0.39, 0.29) is 11.6 Å². The number of nitro groups is 1. The molecule has 7 heteroatoms. The third-order valence-corrected chi connectivity index (χ3v) is 4.69. The Kier molecular flexibility index (Phi) is 5.42. The van der Waals surface area contributed by atoms with Gasteiger partial charge in [0.05, 0.1) is 10.6 Å². The van der Waals surface area contributed by atoms with Crippen LogP contribution in [0, 0.1) is 16.0 Å². The zero-order valence-corrected chi connectivity index (χ0v) is 14.1. The number of nitro benzene ring substituents is 1. The first-order valence-corrected chi connectivity index (χ1v) is 8.72. The molecule has 0 spiro atoms. The number of hydrogen-bond donors (Lipinski definition) is 1. The first kappa shape index (κ1) is 17.1. The molecular formula is C18H22N4O3. The fourth-order valence-corrected chi connectivity index (χ4v) is 3.29. The minimum Gasteiger partial charge on any atom is -0.351 e. The van der Waals surface area contributed by atoms with Crippen molar-refractivity contribution in [1.82, 2.24) is 15.1 Å². The number of nitrogens with zero attached hydrogens (tertiary/aromatic N) is 3. The number of benzene rings is 1. The second kappa shape index (κ2) is 7.92. The van der Waals surface area contributed by atoms with Crippen LogP contribution in [0.15, 0.2) is 36.5 Å². The molecule has 1 aromatic heterocycles. The highest BCUT2D eigenvalue weighted by Gasteiger charge is 2.15. The third-order valence-electron chi connectivity index (χ3n) is 4.69. The minimum absolute atomic E-state index is 0.00789. The van der Waals surface area contributed by atoms with Gasteiger partial charge in [-0.25, -0.2) is 4.68 Å². The lowest BCUT2D eigenvalue weighted by Crippen LogP contribution is -2.27. The fraction of sp³-hybridized carbons (Fsp3) is 0.444. The maximum Gasteiger partial charge on any atom is 0.271 e. The van der Waals surface area contributed by atoms with E-state index in [0.29, 0.717) is 17.9 Å². The van der Waals surface area contributed by atoms with Crippen LogP contribution in [0.4, 0.5) is 5.69 Å². The van der Waals surface area contributed by atoms with E-state index < -0.39 is 4.92 Å². The lowest BCUT2D eigenvalue weighted by atomic mass is 9.87. The molecule has 1 fully saturated rings. The largest absolute Gasteiger partial charge is 0.351 e. The Balaban J connectivity index is 1.57. The highest BCUT2D eigenvalue weighted by atomic mass is 16.6. The number of carbonyl (C=O) groups excluding carboxylic acids is 1. The standard InChI is InChI=1S/C18H22N4O3/c23-18(19-11-9-14-5-2-1-3-6-14)17-10-12-21(20-17)15-7-4-8-16(13-15)22(24)25/h4,7-8,10,12-14H,1-3,5-6,9,11H2,(H,19,23). The van der Waals surface area contributed by atoms with Gasteiger partial charge in [0.25, 0.3) is 11.6 Å². The first-order valence-electron chi connectivity index (χ1n) is 8.72.